The SMILES string of the molecule is COc1ccc(C(Cc2ccncc2Cl)NN)cc1F. The highest BCUT2D eigenvalue weighted by atomic mass is 35.5. The minimum atomic E-state index is -0.425. The van der Waals surface area contributed by atoms with Crippen LogP contribution in [0.1, 0.15) is 17.2 Å². The Morgan fingerprint density at radius 2 is 2.25 bits per heavy atom. The molecule has 1 atom stereocenters. The number of hydrogen-bond acceptors (Lipinski definition) is 4. The first-order valence-corrected chi connectivity index (χ1v) is 6.41. The highest BCUT2D eigenvalue weighted by Crippen LogP contribution is 2.25. The lowest BCUT2D eigenvalue weighted by atomic mass is 10.00. The molecule has 0 aliphatic rings. The lowest BCUT2D eigenvalue weighted by Gasteiger charge is -2.17. The van der Waals surface area contributed by atoms with Gasteiger partial charge in [-0.05, 0) is 35.7 Å². The maximum atomic E-state index is 13.7. The Bertz CT molecular complexity index is 594. The van der Waals surface area contributed by atoms with Crippen molar-refractivity contribution < 1.29 is 9.13 Å². The Labute approximate surface area is 121 Å². The molecule has 0 spiro atoms. The molecular weight excluding hydrogens is 281 g/mol. The summed E-state index contributed by atoms with van der Waals surface area (Å²) in [5, 5.41) is 0.557. The summed E-state index contributed by atoms with van der Waals surface area (Å²) in [5.74, 6) is 5.34. The average Bonchev–Trinajstić information content (AvgIpc) is 2.46. The molecule has 1 unspecified atom stereocenters. The van der Waals surface area contributed by atoms with E-state index in [-0.39, 0.29) is 11.8 Å². The van der Waals surface area contributed by atoms with Crippen molar-refractivity contribution in [1.82, 2.24) is 10.4 Å². The molecule has 1 aromatic carbocycles. The van der Waals surface area contributed by atoms with Gasteiger partial charge in [-0.2, -0.15) is 0 Å². The number of hydrogen-bond donors (Lipinski definition) is 2. The van der Waals surface area contributed by atoms with E-state index in [1.165, 1.54) is 13.2 Å². The number of nitrogens with zero attached hydrogens (tertiary/aromatic N) is 1. The summed E-state index contributed by atoms with van der Waals surface area (Å²) < 4.78 is 18.6. The standard InChI is InChI=1S/C14H15ClFN3O/c1-20-14-3-2-10(6-12(14)16)13(19-17)7-9-4-5-18-8-11(9)15/h2-6,8,13,19H,7,17H2,1H3. The molecule has 0 saturated carbocycles. The van der Waals surface area contributed by atoms with Crippen molar-refractivity contribution >= 4 is 11.6 Å². The van der Waals surface area contributed by atoms with Gasteiger partial charge in [-0.25, -0.2) is 4.39 Å². The van der Waals surface area contributed by atoms with Gasteiger partial charge >= 0.3 is 0 Å². The molecule has 2 aromatic rings. The first-order chi connectivity index (χ1) is 9.65. The maximum Gasteiger partial charge on any atom is 0.165 e. The molecule has 4 nitrogen and oxygen atoms in total. The highest BCUT2D eigenvalue weighted by molar-refractivity contribution is 6.31. The third-order valence-corrected chi connectivity index (χ3v) is 3.40. The van der Waals surface area contributed by atoms with Crippen LogP contribution in [-0.4, -0.2) is 12.1 Å². The third kappa shape index (κ3) is 3.25. The number of pyridine rings is 1. The molecule has 2 rings (SSSR count). The molecule has 0 bridgehead atoms. The van der Waals surface area contributed by atoms with E-state index in [1.54, 1.807) is 24.5 Å². The first kappa shape index (κ1) is 14.7. The van der Waals surface area contributed by atoms with Gasteiger partial charge in [-0.1, -0.05) is 17.7 Å². The number of methoxy groups -OCH3 is 1. The predicted octanol–water partition coefficient (Wildman–Crippen LogP) is 2.63. The molecule has 106 valence electrons. The van der Waals surface area contributed by atoms with Crippen molar-refractivity contribution in [2.45, 2.75) is 12.5 Å². The van der Waals surface area contributed by atoms with Gasteiger partial charge in [-0.15, -0.1) is 0 Å². The van der Waals surface area contributed by atoms with E-state index in [4.69, 9.17) is 22.2 Å². The van der Waals surface area contributed by atoms with Crippen LogP contribution >= 0.6 is 11.6 Å². The lowest BCUT2D eigenvalue weighted by Crippen LogP contribution is -2.29. The van der Waals surface area contributed by atoms with Gasteiger partial charge in [-0.3, -0.25) is 16.3 Å². The molecule has 0 saturated heterocycles. The molecule has 3 N–H and O–H groups in total. The Hall–Kier alpha value is -1.69. The zero-order chi connectivity index (χ0) is 14.5. The van der Waals surface area contributed by atoms with Crippen LogP contribution in [0.4, 0.5) is 4.39 Å². The summed E-state index contributed by atoms with van der Waals surface area (Å²) in [5.41, 5.74) is 4.28. The van der Waals surface area contributed by atoms with Gasteiger partial charge in [0.25, 0.3) is 0 Å². The molecule has 0 aliphatic carbocycles. The summed E-state index contributed by atoms with van der Waals surface area (Å²) in [6.07, 6.45) is 3.76. The number of nitrogens with one attached hydrogen (secondary N) is 1. The molecular formula is C14H15ClFN3O. The molecule has 6 heteroatoms. The lowest BCUT2D eigenvalue weighted by molar-refractivity contribution is 0.385. The van der Waals surface area contributed by atoms with Crippen LogP contribution in [0.25, 0.3) is 0 Å². The van der Waals surface area contributed by atoms with Crippen LogP contribution in [0.3, 0.4) is 0 Å². The quantitative estimate of drug-likeness (QED) is 0.657. The van der Waals surface area contributed by atoms with Gasteiger partial charge in [0.2, 0.25) is 0 Å². The number of hydrazine groups is 1. The Balaban J connectivity index is 2.24. The van der Waals surface area contributed by atoms with Crippen molar-refractivity contribution in [1.29, 1.82) is 0 Å². The van der Waals surface area contributed by atoms with Crippen molar-refractivity contribution in [2.24, 2.45) is 5.84 Å². The number of nitrogens with two attached hydrogens (primary N) is 1. The van der Waals surface area contributed by atoms with Crippen LogP contribution in [0, 0.1) is 5.82 Å². The summed E-state index contributed by atoms with van der Waals surface area (Å²) in [6, 6.07) is 6.30. The normalized spacial score (nSPS) is 12.2. The fourth-order valence-corrected chi connectivity index (χ4v) is 2.16. The van der Waals surface area contributed by atoms with E-state index in [0.717, 1.165) is 11.1 Å². The van der Waals surface area contributed by atoms with E-state index in [9.17, 15) is 4.39 Å². The number of halogens is 2. The van der Waals surface area contributed by atoms with Crippen LogP contribution in [0.5, 0.6) is 5.75 Å². The van der Waals surface area contributed by atoms with Crippen molar-refractivity contribution in [3.63, 3.8) is 0 Å². The minimum absolute atomic E-state index is 0.200. The first-order valence-electron chi connectivity index (χ1n) is 6.03. The summed E-state index contributed by atoms with van der Waals surface area (Å²) in [6.45, 7) is 0. The maximum absolute atomic E-state index is 13.7. The van der Waals surface area contributed by atoms with Crippen LogP contribution in [0.2, 0.25) is 5.02 Å². The molecule has 0 aliphatic heterocycles. The monoisotopic (exact) mass is 295 g/mol. The van der Waals surface area contributed by atoms with Crippen molar-refractivity contribution in [3.05, 3.63) is 58.6 Å². The topological polar surface area (TPSA) is 60.2 Å². The van der Waals surface area contributed by atoms with Crippen LogP contribution in [0.15, 0.2) is 36.7 Å². The second-order valence-electron chi connectivity index (χ2n) is 4.28. The zero-order valence-electron chi connectivity index (χ0n) is 10.9. The van der Waals surface area contributed by atoms with E-state index in [1.807, 2.05) is 6.07 Å². The van der Waals surface area contributed by atoms with Crippen molar-refractivity contribution in [2.75, 3.05) is 7.11 Å². The zero-order valence-corrected chi connectivity index (χ0v) is 11.7. The van der Waals surface area contributed by atoms with Crippen LogP contribution in [-0.2, 0) is 6.42 Å². The smallest absolute Gasteiger partial charge is 0.165 e. The summed E-state index contributed by atoms with van der Waals surface area (Å²) >= 11 is 6.07. The predicted molar refractivity (Wildman–Crippen MR) is 76.0 cm³/mol. The molecule has 1 heterocycles. The fraction of sp³-hybridized carbons (Fsp3) is 0.214. The van der Waals surface area contributed by atoms with E-state index < -0.39 is 5.82 Å². The van der Waals surface area contributed by atoms with Gasteiger partial charge in [0, 0.05) is 12.4 Å². The Morgan fingerprint density at radius 3 is 2.85 bits per heavy atom. The van der Waals surface area contributed by atoms with Gasteiger partial charge < -0.3 is 4.74 Å². The summed E-state index contributed by atoms with van der Waals surface area (Å²) in [7, 11) is 1.42. The second-order valence-corrected chi connectivity index (χ2v) is 4.69. The number of ether oxygens (including phenoxy) is 1. The highest BCUT2D eigenvalue weighted by Gasteiger charge is 2.14. The summed E-state index contributed by atoms with van der Waals surface area (Å²) in [4.78, 5) is 3.93. The number of aromatic nitrogens is 1. The van der Waals surface area contributed by atoms with Gasteiger partial charge in [0.15, 0.2) is 11.6 Å². The van der Waals surface area contributed by atoms with E-state index in [2.05, 4.69) is 10.4 Å². The third-order valence-electron chi connectivity index (χ3n) is 3.06. The van der Waals surface area contributed by atoms with E-state index in [0.29, 0.717) is 11.4 Å². The van der Waals surface area contributed by atoms with Crippen LogP contribution < -0.4 is 16.0 Å². The second kappa shape index (κ2) is 6.65. The number of rotatable bonds is 5. The molecule has 0 amide bonds. The Morgan fingerprint density at radius 1 is 1.45 bits per heavy atom. The van der Waals surface area contributed by atoms with Gasteiger partial charge in [0.05, 0.1) is 18.2 Å². The van der Waals surface area contributed by atoms with Gasteiger partial charge in [0.1, 0.15) is 0 Å². The van der Waals surface area contributed by atoms with Crippen molar-refractivity contribution in [3.8, 4) is 5.75 Å². The molecule has 0 radical (unpaired) electrons. The largest absolute Gasteiger partial charge is 0.494 e. The number of benzene rings is 1. The van der Waals surface area contributed by atoms with E-state index >= 15 is 0 Å². The molecule has 0 fully saturated rings. The Kier molecular flexibility index (Phi) is 4.89. The minimum Gasteiger partial charge on any atom is -0.494 e. The molecule has 20 heavy (non-hydrogen) atoms. The fourth-order valence-electron chi connectivity index (χ4n) is 1.96. The molecule has 1 aromatic heterocycles. The average molecular weight is 296 g/mol.